The Labute approximate surface area is 126 Å². The van der Waals surface area contributed by atoms with Crippen LogP contribution in [0.4, 0.5) is 17.6 Å². The number of hydrogen-bond acceptors (Lipinski definition) is 3. The first-order chi connectivity index (χ1) is 9.43. The van der Waals surface area contributed by atoms with E-state index in [0.717, 1.165) is 18.2 Å². The Kier molecular flexibility index (Phi) is 5.46. The molecule has 0 heterocycles. The molecular weight excluding hydrogens is 361 g/mol. The normalized spacial score (nSPS) is 12.5. The molecule has 0 saturated heterocycles. The third kappa shape index (κ3) is 5.01. The molecular formula is C10H7Cl2F4NO3S. The number of carbonyl (C=O) groups excluding carboxylic acids is 1. The van der Waals surface area contributed by atoms with Crippen molar-refractivity contribution in [1.82, 2.24) is 5.32 Å². The van der Waals surface area contributed by atoms with E-state index in [9.17, 15) is 30.8 Å². The van der Waals surface area contributed by atoms with E-state index in [1.54, 1.807) is 5.32 Å². The predicted octanol–water partition coefficient (Wildman–Crippen LogP) is 2.90. The maximum absolute atomic E-state index is 12.7. The van der Waals surface area contributed by atoms with Crippen molar-refractivity contribution in [3.8, 4) is 0 Å². The second kappa shape index (κ2) is 6.37. The van der Waals surface area contributed by atoms with Crippen LogP contribution in [0.2, 0.25) is 5.02 Å². The molecule has 1 aromatic rings. The number of carbonyl (C=O) groups is 1. The van der Waals surface area contributed by atoms with Crippen molar-refractivity contribution in [1.29, 1.82) is 0 Å². The van der Waals surface area contributed by atoms with Gasteiger partial charge < -0.3 is 5.32 Å². The second-order valence-electron chi connectivity index (χ2n) is 3.86. The second-order valence-corrected chi connectivity index (χ2v) is 6.86. The van der Waals surface area contributed by atoms with Crippen LogP contribution in [0.5, 0.6) is 0 Å². The summed E-state index contributed by atoms with van der Waals surface area (Å²) in [7, 11) is 0.863. The fourth-order valence-electron chi connectivity index (χ4n) is 1.21. The molecule has 118 valence electrons. The van der Waals surface area contributed by atoms with Crippen LogP contribution in [-0.4, -0.2) is 33.2 Å². The summed E-state index contributed by atoms with van der Waals surface area (Å²) in [5.74, 6) is -5.60. The van der Waals surface area contributed by atoms with Crippen LogP contribution in [0.3, 0.4) is 0 Å². The van der Waals surface area contributed by atoms with Crippen molar-refractivity contribution in [2.75, 3.05) is 6.54 Å². The summed E-state index contributed by atoms with van der Waals surface area (Å²) in [6, 6.07) is 2.70. The average Bonchev–Trinajstić information content (AvgIpc) is 2.34. The summed E-state index contributed by atoms with van der Waals surface area (Å²) < 4.78 is 71.4. The zero-order valence-corrected chi connectivity index (χ0v) is 12.2. The van der Waals surface area contributed by atoms with E-state index in [2.05, 4.69) is 0 Å². The number of rotatable bonds is 5. The third-order valence-corrected chi connectivity index (χ3v) is 3.77. The summed E-state index contributed by atoms with van der Waals surface area (Å²) >= 11 is 5.57. The van der Waals surface area contributed by atoms with Crippen LogP contribution in [0, 0.1) is 0 Å². The quantitative estimate of drug-likeness (QED) is 0.642. The van der Waals surface area contributed by atoms with Gasteiger partial charge in [0.25, 0.3) is 15.0 Å². The topological polar surface area (TPSA) is 63.2 Å². The Balaban J connectivity index is 2.97. The number of hydrogen-bond donors (Lipinski definition) is 1. The summed E-state index contributed by atoms with van der Waals surface area (Å²) in [4.78, 5) is 11.0. The van der Waals surface area contributed by atoms with Crippen molar-refractivity contribution in [3.63, 3.8) is 0 Å². The summed E-state index contributed by atoms with van der Waals surface area (Å²) in [5, 5.41) is 1.37. The lowest BCUT2D eigenvalue weighted by Crippen LogP contribution is -2.41. The van der Waals surface area contributed by atoms with Crippen LogP contribution in [0.1, 0.15) is 10.4 Å². The van der Waals surface area contributed by atoms with Gasteiger partial charge in [0.05, 0.1) is 11.4 Å². The van der Waals surface area contributed by atoms with E-state index in [1.165, 1.54) is 0 Å². The maximum atomic E-state index is 12.7. The Hall–Kier alpha value is -1.06. The highest BCUT2D eigenvalue weighted by Gasteiger charge is 2.40. The zero-order chi connectivity index (χ0) is 16.4. The van der Waals surface area contributed by atoms with Gasteiger partial charge in [-0.3, -0.25) is 4.79 Å². The molecule has 0 bridgehead atoms. The van der Waals surface area contributed by atoms with Crippen molar-refractivity contribution in [2.45, 2.75) is 17.2 Å². The van der Waals surface area contributed by atoms with Crippen molar-refractivity contribution in [2.24, 2.45) is 0 Å². The van der Waals surface area contributed by atoms with Gasteiger partial charge >= 0.3 is 12.3 Å². The minimum atomic E-state index is -4.41. The van der Waals surface area contributed by atoms with Gasteiger partial charge in [0.1, 0.15) is 0 Å². The number of halogens is 6. The Bertz CT molecular complexity index is 652. The van der Waals surface area contributed by atoms with E-state index in [0.29, 0.717) is 0 Å². The molecule has 1 rings (SSSR count). The summed E-state index contributed by atoms with van der Waals surface area (Å²) in [5.41, 5.74) is -0.410. The van der Waals surface area contributed by atoms with Gasteiger partial charge in [-0.15, -0.1) is 0 Å². The lowest BCUT2D eigenvalue weighted by molar-refractivity contribution is -0.123. The molecule has 0 fully saturated rings. The average molecular weight is 368 g/mol. The minimum absolute atomic E-state index is 0.192. The number of amides is 1. The van der Waals surface area contributed by atoms with Crippen LogP contribution < -0.4 is 5.32 Å². The van der Waals surface area contributed by atoms with E-state index in [4.69, 9.17) is 22.3 Å². The van der Waals surface area contributed by atoms with Crippen molar-refractivity contribution in [3.05, 3.63) is 28.8 Å². The molecule has 0 aromatic heterocycles. The molecule has 11 heteroatoms. The van der Waals surface area contributed by atoms with Gasteiger partial charge in [-0.25, -0.2) is 17.2 Å². The smallest absolute Gasteiger partial charge is 0.324 e. The first-order valence-electron chi connectivity index (χ1n) is 5.13. The summed E-state index contributed by atoms with van der Waals surface area (Å²) in [6.45, 7) is -1.61. The van der Waals surface area contributed by atoms with Crippen molar-refractivity contribution < 1.29 is 30.8 Å². The van der Waals surface area contributed by atoms with E-state index >= 15 is 0 Å². The van der Waals surface area contributed by atoms with Gasteiger partial charge in [-0.05, 0) is 18.2 Å². The van der Waals surface area contributed by atoms with Crippen LogP contribution in [-0.2, 0) is 9.05 Å². The maximum Gasteiger partial charge on any atom is 0.324 e. The lowest BCUT2D eigenvalue weighted by Gasteiger charge is -2.15. The summed E-state index contributed by atoms with van der Waals surface area (Å²) in [6.07, 6.45) is -3.95. The third-order valence-electron chi connectivity index (χ3n) is 2.22. The molecule has 1 aromatic carbocycles. The van der Waals surface area contributed by atoms with E-state index in [-0.39, 0.29) is 5.02 Å². The number of benzene rings is 1. The van der Waals surface area contributed by atoms with Crippen molar-refractivity contribution >= 4 is 37.2 Å². The highest BCUT2D eigenvalue weighted by Crippen LogP contribution is 2.23. The van der Waals surface area contributed by atoms with Gasteiger partial charge in [0.2, 0.25) is 0 Å². The molecule has 0 saturated carbocycles. The number of nitrogens with one attached hydrogen (secondary N) is 1. The lowest BCUT2D eigenvalue weighted by atomic mass is 10.2. The molecule has 1 N–H and O–H groups in total. The Morgan fingerprint density at radius 3 is 2.33 bits per heavy atom. The highest BCUT2D eigenvalue weighted by atomic mass is 35.7. The SMILES string of the molecule is O=C(NCC(F)(F)C(F)F)c1cc(Cl)cc(S(=O)(=O)Cl)c1. The molecule has 1 amide bonds. The fourth-order valence-corrected chi connectivity index (χ4v) is 2.31. The molecule has 0 spiro atoms. The zero-order valence-electron chi connectivity index (χ0n) is 9.92. The monoisotopic (exact) mass is 367 g/mol. The molecule has 0 aliphatic heterocycles. The molecule has 0 unspecified atom stereocenters. The minimum Gasteiger partial charge on any atom is -0.346 e. The molecule has 4 nitrogen and oxygen atoms in total. The number of alkyl halides is 4. The van der Waals surface area contributed by atoms with Crippen LogP contribution >= 0.6 is 22.3 Å². The first kappa shape index (κ1) is 18.0. The Morgan fingerprint density at radius 1 is 1.29 bits per heavy atom. The molecule has 0 atom stereocenters. The van der Waals surface area contributed by atoms with Gasteiger partial charge in [-0.1, -0.05) is 11.6 Å². The van der Waals surface area contributed by atoms with E-state index < -0.39 is 44.3 Å². The Morgan fingerprint density at radius 2 is 1.86 bits per heavy atom. The van der Waals surface area contributed by atoms with Crippen LogP contribution in [0.15, 0.2) is 23.1 Å². The molecule has 21 heavy (non-hydrogen) atoms. The standard InChI is InChI=1S/C10H7Cl2F4NO3S/c11-6-1-5(2-7(3-6)21(12,19)20)8(18)17-4-10(15,16)9(13)14/h1-3,9H,4H2,(H,17,18). The van der Waals surface area contributed by atoms with Crippen LogP contribution in [0.25, 0.3) is 0 Å². The van der Waals surface area contributed by atoms with Gasteiger partial charge in [0, 0.05) is 21.3 Å². The van der Waals surface area contributed by atoms with Gasteiger partial charge in [0.15, 0.2) is 0 Å². The highest BCUT2D eigenvalue weighted by molar-refractivity contribution is 8.13. The molecule has 0 radical (unpaired) electrons. The molecule has 0 aliphatic rings. The predicted molar refractivity (Wildman–Crippen MR) is 67.8 cm³/mol. The van der Waals surface area contributed by atoms with E-state index in [1.807, 2.05) is 0 Å². The molecule has 0 aliphatic carbocycles. The van der Waals surface area contributed by atoms with Gasteiger partial charge in [-0.2, -0.15) is 8.78 Å². The largest absolute Gasteiger partial charge is 0.346 e. The fraction of sp³-hybridized carbons (Fsp3) is 0.300. The first-order valence-corrected chi connectivity index (χ1v) is 7.81.